The van der Waals surface area contributed by atoms with Crippen LogP contribution in [0.3, 0.4) is 0 Å². The van der Waals surface area contributed by atoms with Gasteiger partial charge in [0.15, 0.2) is 0 Å². The maximum atomic E-state index is 12.2. The minimum atomic E-state index is 0.00764. The van der Waals surface area contributed by atoms with Crippen molar-refractivity contribution in [3.63, 3.8) is 0 Å². The number of hydrogen-bond donors (Lipinski definition) is 1. The molecule has 1 aromatic heterocycles. The number of amides is 1. The Balaban J connectivity index is 2.16. The molecule has 1 atom stereocenters. The van der Waals surface area contributed by atoms with Gasteiger partial charge in [-0.25, -0.2) is 0 Å². The molecular formula is C12H17N3O. The highest BCUT2D eigenvalue weighted by molar-refractivity contribution is 5.93. The molecule has 0 aromatic carbocycles. The van der Waals surface area contributed by atoms with Crippen LogP contribution in [0.2, 0.25) is 0 Å². The number of carbonyl (C=O) groups excluding carboxylic acids is 1. The number of hydrogen-bond acceptors (Lipinski definition) is 3. The average molecular weight is 219 g/mol. The standard InChI is InChI=1S/C12H17N3O/c1-9-4-2-6-14-11(9)12(16)15-7-3-5-10(13)8-15/h2,4,6,10H,3,5,7-8,13H2,1H3. The minimum Gasteiger partial charge on any atom is -0.336 e. The van der Waals surface area contributed by atoms with Gasteiger partial charge in [0.25, 0.3) is 5.91 Å². The molecule has 2 N–H and O–H groups in total. The quantitative estimate of drug-likeness (QED) is 0.765. The van der Waals surface area contributed by atoms with E-state index >= 15 is 0 Å². The van der Waals surface area contributed by atoms with Gasteiger partial charge in [0.2, 0.25) is 0 Å². The fraction of sp³-hybridized carbons (Fsp3) is 0.500. The van der Waals surface area contributed by atoms with Crippen LogP contribution < -0.4 is 5.73 Å². The van der Waals surface area contributed by atoms with E-state index in [-0.39, 0.29) is 11.9 Å². The minimum absolute atomic E-state index is 0.00764. The molecule has 1 aliphatic heterocycles. The molecule has 1 amide bonds. The SMILES string of the molecule is Cc1cccnc1C(=O)N1CCCC(N)C1. The lowest BCUT2D eigenvalue weighted by atomic mass is 10.1. The molecule has 0 spiro atoms. The van der Waals surface area contributed by atoms with Crippen LogP contribution in [0.25, 0.3) is 0 Å². The predicted molar refractivity (Wildman–Crippen MR) is 62.1 cm³/mol. The molecule has 16 heavy (non-hydrogen) atoms. The fourth-order valence-electron chi connectivity index (χ4n) is 2.05. The van der Waals surface area contributed by atoms with Gasteiger partial charge in [-0.15, -0.1) is 0 Å². The Labute approximate surface area is 95.5 Å². The molecule has 0 aliphatic carbocycles. The molecule has 86 valence electrons. The molecule has 1 fully saturated rings. The molecule has 1 aliphatic rings. The third kappa shape index (κ3) is 2.22. The summed E-state index contributed by atoms with van der Waals surface area (Å²) in [6.07, 6.45) is 3.65. The highest BCUT2D eigenvalue weighted by Gasteiger charge is 2.23. The first-order chi connectivity index (χ1) is 7.68. The van der Waals surface area contributed by atoms with Gasteiger partial charge in [0.05, 0.1) is 0 Å². The molecule has 0 bridgehead atoms. The van der Waals surface area contributed by atoms with E-state index in [2.05, 4.69) is 4.98 Å². The Bertz CT molecular complexity index is 392. The Hall–Kier alpha value is -1.42. The molecule has 4 nitrogen and oxygen atoms in total. The van der Waals surface area contributed by atoms with E-state index in [4.69, 9.17) is 5.73 Å². The zero-order valence-electron chi connectivity index (χ0n) is 9.52. The van der Waals surface area contributed by atoms with Crippen molar-refractivity contribution in [2.45, 2.75) is 25.8 Å². The molecule has 2 rings (SSSR count). The van der Waals surface area contributed by atoms with E-state index in [1.807, 2.05) is 24.0 Å². The normalized spacial score (nSPS) is 20.9. The maximum absolute atomic E-state index is 12.2. The van der Waals surface area contributed by atoms with Crippen LogP contribution >= 0.6 is 0 Å². The molecule has 1 aromatic rings. The highest BCUT2D eigenvalue weighted by atomic mass is 16.2. The number of likely N-dealkylation sites (tertiary alicyclic amines) is 1. The predicted octanol–water partition coefficient (Wildman–Crippen LogP) is 0.953. The van der Waals surface area contributed by atoms with Crippen LogP contribution in [-0.2, 0) is 0 Å². The van der Waals surface area contributed by atoms with E-state index in [1.165, 1.54) is 0 Å². The molecule has 4 heteroatoms. The van der Waals surface area contributed by atoms with Crippen molar-refractivity contribution in [2.24, 2.45) is 5.73 Å². The van der Waals surface area contributed by atoms with Crippen LogP contribution in [0.5, 0.6) is 0 Å². The summed E-state index contributed by atoms with van der Waals surface area (Å²) in [4.78, 5) is 18.1. The van der Waals surface area contributed by atoms with E-state index in [1.54, 1.807) is 6.20 Å². The Kier molecular flexibility index (Phi) is 3.19. The summed E-state index contributed by atoms with van der Waals surface area (Å²) in [5.74, 6) is 0.00764. The number of pyridine rings is 1. The smallest absolute Gasteiger partial charge is 0.272 e. The second-order valence-corrected chi connectivity index (χ2v) is 4.32. The van der Waals surface area contributed by atoms with E-state index in [0.717, 1.165) is 24.9 Å². The third-order valence-electron chi connectivity index (χ3n) is 2.96. The van der Waals surface area contributed by atoms with Crippen molar-refractivity contribution in [1.82, 2.24) is 9.88 Å². The van der Waals surface area contributed by atoms with Gasteiger partial charge in [-0.2, -0.15) is 0 Å². The summed E-state index contributed by atoms with van der Waals surface area (Å²) in [5.41, 5.74) is 7.34. The zero-order valence-corrected chi connectivity index (χ0v) is 9.52. The van der Waals surface area contributed by atoms with Gasteiger partial charge in [0, 0.05) is 25.3 Å². The number of carbonyl (C=O) groups is 1. The number of aryl methyl sites for hydroxylation is 1. The molecule has 1 saturated heterocycles. The van der Waals surface area contributed by atoms with Crippen LogP contribution in [0, 0.1) is 6.92 Å². The highest BCUT2D eigenvalue weighted by Crippen LogP contribution is 2.13. The summed E-state index contributed by atoms with van der Waals surface area (Å²) in [6.45, 7) is 3.35. The van der Waals surface area contributed by atoms with Gasteiger partial charge in [0.1, 0.15) is 5.69 Å². The monoisotopic (exact) mass is 219 g/mol. The van der Waals surface area contributed by atoms with Gasteiger partial charge < -0.3 is 10.6 Å². The van der Waals surface area contributed by atoms with E-state index < -0.39 is 0 Å². The Morgan fingerprint density at radius 3 is 3.12 bits per heavy atom. The first-order valence-corrected chi connectivity index (χ1v) is 5.65. The molecule has 0 saturated carbocycles. The zero-order chi connectivity index (χ0) is 11.5. The van der Waals surface area contributed by atoms with E-state index in [0.29, 0.717) is 12.2 Å². The van der Waals surface area contributed by atoms with Crippen LogP contribution in [-0.4, -0.2) is 34.9 Å². The Morgan fingerprint density at radius 2 is 2.44 bits per heavy atom. The second-order valence-electron chi connectivity index (χ2n) is 4.32. The number of rotatable bonds is 1. The number of nitrogens with two attached hydrogens (primary N) is 1. The van der Waals surface area contributed by atoms with Gasteiger partial charge in [-0.05, 0) is 31.4 Å². The number of nitrogens with zero attached hydrogens (tertiary/aromatic N) is 2. The summed E-state index contributed by atoms with van der Waals surface area (Å²) in [5, 5.41) is 0. The second kappa shape index (κ2) is 4.61. The fourth-order valence-corrected chi connectivity index (χ4v) is 2.05. The van der Waals surface area contributed by atoms with Crippen molar-refractivity contribution >= 4 is 5.91 Å². The summed E-state index contributed by atoms with van der Waals surface area (Å²) in [6, 6.07) is 3.86. The first kappa shape index (κ1) is 11.1. The maximum Gasteiger partial charge on any atom is 0.272 e. The number of aromatic nitrogens is 1. The summed E-state index contributed by atoms with van der Waals surface area (Å²) < 4.78 is 0. The van der Waals surface area contributed by atoms with Crippen molar-refractivity contribution < 1.29 is 4.79 Å². The lowest BCUT2D eigenvalue weighted by molar-refractivity contribution is 0.0702. The lowest BCUT2D eigenvalue weighted by Crippen LogP contribution is -2.46. The van der Waals surface area contributed by atoms with Crippen LogP contribution in [0.15, 0.2) is 18.3 Å². The number of piperidine rings is 1. The first-order valence-electron chi connectivity index (χ1n) is 5.65. The summed E-state index contributed by atoms with van der Waals surface area (Å²) in [7, 11) is 0. The van der Waals surface area contributed by atoms with Crippen molar-refractivity contribution in [3.8, 4) is 0 Å². The van der Waals surface area contributed by atoms with Crippen LogP contribution in [0.4, 0.5) is 0 Å². The van der Waals surface area contributed by atoms with Gasteiger partial charge in [-0.1, -0.05) is 6.07 Å². The lowest BCUT2D eigenvalue weighted by Gasteiger charge is -2.30. The van der Waals surface area contributed by atoms with Gasteiger partial charge >= 0.3 is 0 Å². The Morgan fingerprint density at radius 1 is 1.62 bits per heavy atom. The third-order valence-corrected chi connectivity index (χ3v) is 2.96. The molecule has 1 unspecified atom stereocenters. The van der Waals surface area contributed by atoms with Crippen LogP contribution in [0.1, 0.15) is 28.9 Å². The van der Waals surface area contributed by atoms with Crippen molar-refractivity contribution in [1.29, 1.82) is 0 Å². The van der Waals surface area contributed by atoms with E-state index in [9.17, 15) is 4.79 Å². The average Bonchev–Trinajstić information content (AvgIpc) is 2.29. The summed E-state index contributed by atoms with van der Waals surface area (Å²) >= 11 is 0. The molecule has 0 radical (unpaired) electrons. The van der Waals surface area contributed by atoms with Crippen molar-refractivity contribution in [3.05, 3.63) is 29.6 Å². The van der Waals surface area contributed by atoms with Crippen molar-refractivity contribution in [2.75, 3.05) is 13.1 Å². The molecular weight excluding hydrogens is 202 g/mol. The largest absolute Gasteiger partial charge is 0.336 e. The topological polar surface area (TPSA) is 59.2 Å². The van der Waals surface area contributed by atoms with Gasteiger partial charge in [-0.3, -0.25) is 9.78 Å². The molecule has 2 heterocycles.